The smallest absolute Gasteiger partial charge is 0.275 e. The quantitative estimate of drug-likeness (QED) is 0.700. The number of amides is 1. The zero-order chi connectivity index (χ0) is 18.6. The van der Waals surface area contributed by atoms with Crippen molar-refractivity contribution in [2.75, 3.05) is 12.4 Å². The molecule has 1 aliphatic heterocycles. The Bertz CT molecular complexity index is 1050. The van der Waals surface area contributed by atoms with Crippen LogP contribution in [0.5, 0.6) is 5.75 Å². The number of anilines is 1. The number of carbonyl (C=O) groups excluding carboxylic acids is 1. The molecule has 0 unspecified atom stereocenters. The molecule has 0 saturated heterocycles. The summed E-state index contributed by atoms with van der Waals surface area (Å²) in [5.41, 5.74) is 4.26. The summed E-state index contributed by atoms with van der Waals surface area (Å²) in [4.78, 5) is 21.4. The molecule has 0 atom stereocenters. The van der Waals surface area contributed by atoms with Crippen molar-refractivity contribution in [1.29, 1.82) is 0 Å². The molecule has 3 aromatic rings. The van der Waals surface area contributed by atoms with E-state index in [-0.39, 0.29) is 5.91 Å². The third-order valence-electron chi connectivity index (χ3n) is 4.23. The van der Waals surface area contributed by atoms with Crippen LogP contribution < -0.4 is 10.1 Å². The summed E-state index contributed by atoms with van der Waals surface area (Å²) in [5, 5.41) is 2.84. The fourth-order valence-electron chi connectivity index (χ4n) is 2.84. The van der Waals surface area contributed by atoms with E-state index in [1.165, 1.54) is 0 Å². The van der Waals surface area contributed by atoms with E-state index in [0.717, 1.165) is 22.6 Å². The average Bonchev–Trinajstić information content (AvgIpc) is 3.03. The lowest BCUT2D eigenvalue weighted by Crippen LogP contribution is -2.13. The van der Waals surface area contributed by atoms with Gasteiger partial charge in [-0.05, 0) is 48.0 Å². The molecule has 1 N–H and O–H groups in total. The summed E-state index contributed by atoms with van der Waals surface area (Å²) in [5.74, 6) is 0.593. The van der Waals surface area contributed by atoms with Crippen molar-refractivity contribution in [1.82, 2.24) is 0 Å². The van der Waals surface area contributed by atoms with Gasteiger partial charge in [0.1, 0.15) is 11.5 Å². The lowest BCUT2D eigenvalue weighted by molar-refractivity contribution is -0.110. The largest absolute Gasteiger partial charge is 0.497 e. The lowest BCUT2D eigenvalue weighted by Gasteiger charge is -2.02. The van der Waals surface area contributed by atoms with Crippen molar-refractivity contribution in [2.45, 2.75) is 0 Å². The normalized spacial score (nSPS) is 14.4. The summed E-state index contributed by atoms with van der Waals surface area (Å²) in [6.45, 7) is 0. The van der Waals surface area contributed by atoms with Gasteiger partial charge in [-0.25, -0.2) is 4.99 Å². The highest BCUT2D eigenvalue weighted by molar-refractivity contribution is 6.54. The topological polar surface area (TPSA) is 63.1 Å². The number of hydrogen-bond acceptors (Lipinski definition) is 4. The minimum atomic E-state index is -0.204. The van der Waals surface area contributed by atoms with E-state index < -0.39 is 0 Å². The van der Waals surface area contributed by atoms with Crippen LogP contribution >= 0.6 is 0 Å². The molecule has 1 aliphatic rings. The predicted octanol–water partition coefficient (Wildman–Crippen LogP) is 4.52. The molecule has 0 aromatic heterocycles. The Labute approximate surface area is 157 Å². The number of nitrogens with zero attached hydrogens (tertiary/aromatic N) is 2. The highest BCUT2D eigenvalue weighted by Crippen LogP contribution is 2.31. The Balaban J connectivity index is 1.67. The predicted molar refractivity (Wildman–Crippen MR) is 108 cm³/mol. The van der Waals surface area contributed by atoms with E-state index in [9.17, 15) is 4.79 Å². The third kappa shape index (κ3) is 3.48. The van der Waals surface area contributed by atoms with Gasteiger partial charge in [-0.2, -0.15) is 0 Å². The molecule has 27 heavy (non-hydrogen) atoms. The second kappa shape index (κ2) is 7.25. The molecule has 0 saturated carbocycles. The Morgan fingerprint density at radius 2 is 1.59 bits per heavy atom. The molecular formula is C22H17N3O2. The molecule has 0 spiro atoms. The lowest BCUT2D eigenvalue weighted by atomic mass is 10.1. The fourth-order valence-corrected chi connectivity index (χ4v) is 2.84. The molecule has 3 aromatic carbocycles. The Kier molecular flexibility index (Phi) is 4.49. The second-order valence-corrected chi connectivity index (χ2v) is 5.98. The van der Waals surface area contributed by atoms with Gasteiger partial charge in [0.15, 0.2) is 0 Å². The van der Waals surface area contributed by atoms with Crippen molar-refractivity contribution in [3.63, 3.8) is 0 Å². The fraction of sp³-hybridized carbons (Fsp3) is 0.0455. The van der Waals surface area contributed by atoms with Crippen LogP contribution in [0.4, 0.5) is 17.1 Å². The van der Waals surface area contributed by atoms with E-state index in [1.54, 1.807) is 13.3 Å². The number of para-hydroxylation sites is 3. The van der Waals surface area contributed by atoms with Crippen LogP contribution in [-0.4, -0.2) is 24.9 Å². The average molecular weight is 355 g/mol. The summed E-state index contributed by atoms with van der Waals surface area (Å²) >= 11 is 0. The maximum absolute atomic E-state index is 12.3. The van der Waals surface area contributed by atoms with Crippen molar-refractivity contribution < 1.29 is 9.53 Å². The number of benzene rings is 3. The number of methoxy groups -OCH3 is 1. The highest BCUT2D eigenvalue weighted by atomic mass is 16.5. The number of rotatable bonds is 4. The number of carbonyl (C=O) groups is 1. The standard InChI is InChI=1S/C22H17N3O2/c1-27-16-12-10-15(11-13-16)14-23-19-8-4-5-9-20(19)24-21-17-6-2-3-7-18(17)25-22(21)26/h2-14H,1H3,(H,24,25,26). The molecule has 1 amide bonds. The number of ether oxygens (including phenoxy) is 1. The number of nitrogens with one attached hydrogen (secondary N) is 1. The van der Waals surface area contributed by atoms with E-state index >= 15 is 0 Å². The van der Waals surface area contributed by atoms with Crippen molar-refractivity contribution in [2.24, 2.45) is 9.98 Å². The van der Waals surface area contributed by atoms with Gasteiger partial charge in [0.2, 0.25) is 0 Å². The van der Waals surface area contributed by atoms with Crippen LogP contribution in [0.2, 0.25) is 0 Å². The second-order valence-electron chi connectivity index (χ2n) is 5.98. The van der Waals surface area contributed by atoms with Crippen LogP contribution in [-0.2, 0) is 4.79 Å². The van der Waals surface area contributed by atoms with Crippen LogP contribution in [0.25, 0.3) is 0 Å². The molecule has 4 rings (SSSR count). The minimum absolute atomic E-state index is 0.204. The van der Waals surface area contributed by atoms with E-state index in [1.807, 2.05) is 72.8 Å². The van der Waals surface area contributed by atoms with Crippen molar-refractivity contribution >= 4 is 34.9 Å². The van der Waals surface area contributed by atoms with Gasteiger partial charge in [0, 0.05) is 11.8 Å². The number of fused-ring (bicyclic) bond motifs is 1. The summed E-state index contributed by atoms with van der Waals surface area (Å²) < 4.78 is 5.16. The van der Waals surface area contributed by atoms with E-state index in [4.69, 9.17) is 4.74 Å². The van der Waals surface area contributed by atoms with Crippen molar-refractivity contribution in [3.8, 4) is 5.75 Å². The monoisotopic (exact) mass is 355 g/mol. The first-order chi connectivity index (χ1) is 13.2. The molecule has 5 nitrogen and oxygen atoms in total. The maximum Gasteiger partial charge on any atom is 0.275 e. The summed E-state index contributed by atoms with van der Waals surface area (Å²) in [6.07, 6.45) is 1.77. The first-order valence-corrected chi connectivity index (χ1v) is 8.51. The first-order valence-electron chi connectivity index (χ1n) is 8.51. The molecular weight excluding hydrogens is 338 g/mol. The van der Waals surface area contributed by atoms with Crippen molar-refractivity contribution in [3.05, 3.63) is 83.9 Å². The Morgan fingerprint density at radius 3 is 2.37 bits per heavy atom. The van der Waals surface area contributed by atoms with Gasteiger partial charge in [0.05, 0.1) is 24.2 Å². The summed E-state index contributed by atoms with van der Waals surface area (Å²) in [6, 6.07) is 22.6. The van der Waals surface area contributed by atoms with Crippen LogP contribution in [0.1, 0.15) is 11.1 Å². The van der Waals surface area contributed by atoms with Gasteiger partial charge in [0.25, 0.3) is 5.91 Å². The molecule has 5 heteroatoms. The van der Waals surface area contributed by atoms with Gasteiger partial charge in [-0.3, -0.25) is 9.79 Å². The molecule has 0 fully saturated rings. The third-order valence-corrected chi connectivity index (χ3v) is 4.23. The van der Waals surface area contributed by atoms with E-state index in [0.29, 0.717) is 17.1 Å². The van der Waals surface area contributed by atoms with Gasteiger partial charge in [-0.1, -0.05) is 30.3 Å². The van der Waals surface area contributed by atoms with Crippen LogP contribution in [0, 0.1) is 0 Å². The Hall–Kier alpha value is -3.73. The number of aliphatic imine (C=N–C) groups is 2. The maximum atomic E-state index is 12.3. The highest BCUT2D eigenvalue weighted by Gasteiger charge is 2.25. The van der Waals surface area contributed by atoms with Gasteiger partial charge in [-0.15, -0.1) is 0 Å². The van der Waals surface area contributed by atoms with Crippen LogP contribution in [0.3, 0.4) is 0 Å². The minimum Gasteiger partial charge on any atom is -0.497 e. The Morgan fingerprint density at radius 1 is 0.889 bits per heavy atom. The molecule has 0 radical (unpaired) electrons. The molecule has 0 bridgehead atoms. The molecule has 1 heterocycles. The van der Waals surface area contributed by atoms with Gasteiger partial charge >= 0.3 is 0 Å². The first kappa shape index (κ1) is 16.7. The zero-order valence-corrected chi connectivity index (χ0v) is 14.7. The van der Waals surface area contributed by atoms with Gasteiger partial charge < -0.3 is 10.1 Å². The molecule has 132 valence electrons. The van der Waals surface area contributed by atoms with Crippen LogP contribution in [0.15, 0.2) is 82.8 Å². The number of hydrogen-bond donors (Lipinski definition) is 1. The zero-order valence-electron chi connectivity index (χ0n) is 14.7. The summed E-state index contributed by atoms with van der Waals surface area (Å²) in [7, 11) is 1.63. The molecule has 0 aliphatic carbocycles. The van der Waals surface area contributed by atoms with E-state index in [2.05, 4.69) is 15.3 Å². The SMILES string of the molecule is COc1ccc(C=Nc2ccccc2N=C2C(=O)Nc3ccccc32)cc1.